The summed E-state index contributed by atoms with van der Waals surface area (Å²) < 4.78 is 20.8. The van der Waals surface area contributed by atoms with E-state index in [1.54, 1.807) is 19.9 Å². The molecular formula is C24H35NO8. The summed E-state index contributed by atoms with van der Waals surface area (Å²) in [6, 6.07) is 4.62. The molecule has 0 aromatic heterocycles. The Labute approximate surface area is 194 Å². The summed E-state index contributed by atoms with van der Waals surface area (Å²) in [5, 5.41) is 0. The summed E-state index contributed by atoms with van der Waals surface area (Å²) in [5.74, 6) is -2.14. The highest BCUT2D eigenvalue weighted by Crippen LogP contribution is 2.31. The van der Waals surface area contributed by atoms with E-state index in [9.17, 15) is 19.2 Å². The molecule has 184 valence electrons. The molecule has 9 heteroatoms. The van der Waals surface area contributed by atoms with Crippen molar-refractivity contribution in [2.24, 2.45) is 11.7 Å². The molecule has 0 radical (unpaired) electrons. The van der Waals surface area contributed by atoms with Crippen LogP contribution in [0.4, 0.5) is 0 Å². The first-order chi connectivity index (χ1) is 15.6. The summed E-state index contributed by atoms with van der Waals surface area (Å²) in [4.78, 5) is 48.2. The van der Waals surface area contributed by atoms with Crippen LogP contribution in [-0.2, 0) is 35.1 Å². The molecule has 9 nitrogen and oxygen atoms in total. The zero-order valence-electron chi connectivity index (χ0n) is 20.1. The molecule has 0 spiro atoms. The molecule has 0 fully saturated rings. The van der Waals surface area contributed by atoms with Crippen LogP contribution in [0.25, 0.3) is 0 Å². The molecule has 0 heterocycles. The molecule has 0 aliphatic heterocycles. The van der Waals surface area contributed by atoms with Crippen molar-refractivity contribution in [2.75, 3.05) is 13.7 Å². The summed E-state index contributed by atoms with van der Waals surface area (Å²) in [6.07, 6.45) is 1.64. The predicted octanol–water partition coefficient (Wildman–Crippen LogP) is 3.10. The Bertz CT molecular complexity index is 836. The Morgan fingerprint density at radius 2 is 1.55 bits per heavy atom. The van der Waals surface area contributed by atoms with Crippen LogP contribution < -0.4 is 15.2 Å². The van der Waals surface area contributed by atoms with Gasteiger partial charge >= 0.3 is 23.9 Å². The van der Waals surface area contributed by atoms with Crippen LogP contribution >= 0.6 is 0 Å². The molecule has 0 amide bonds. The Balaban J connectivity index is 3.15. The van der Waals surface area contributed by atoms with Crippen molar-refractivity contribution in [1.29, 1.82) is 0 Å². The lowest BCUT2D eigenvalue weighted by Crippen LogP contribution is -2.51. The number of benzene rings is 1. The van der Waals surface area contributed by atoms with Crippen molar-refractivity contribution < 1.29 is 38.1 Å². The minimum atomic E-state index is -1.49. The largest absolute Gasteiger partial charge is 0.468 e. The smallest absolute Gasteiger partial charge is 0.326 e. The third-order valence-corrected chi connectivity index (χ3v) is 4.74. The fourth-order valence-electron chi connectivity index (χ4n) is 2.91. The SMILES string of the molecule is CCCC(=O)Oc1ccc(CC(N)(CCOC(=O)C(C)C)C(=O)OC)cc1OC(=O)CCC. The van der Waals surface area contributed by atoms with E-state index in [0.717, 1.165) is 0 Å². The number of rotatable bonds is 13. The maximum Gasteiger partial charge on any atom is 0.326 e. The fourth-order valence-corrected chi connectivity index (χ4v) is 2.91. The molecule has 1 unspecified atom stereocenters. The second kappa shape index (κ2) is 13.6. The first kappa shape index (κ1) is 28.1. The highest BCUT2D eigenvalue weighted by atomic mass is 16.6. The van der Waals surface area contributed by atoms with E-state index in [-0.39, 0.29) is 49.7 Å². The molecule has 1 aromatic rings. The topological polar surface area (TPSA) is 131 Å². The molecule has 2 N–H and O–H groups in total. The van der Waals surface area contributed by atoms with Gasteiger partial charge in [-0.25, -0.2) is 0 Å². The van der Waals surface area contributed by atoms with Gasteiger partial charge in [-0.05, 0) is 30.5 Å². The van der Waals surface area contributed by atoms with E-state index in [4.69, 9.17) is 24.7 Å². The molecule has 0 aliphatic carbocycles. The van der Waals surface area contributed by atoms with Gasteiger partial charge in [-0.2, -0.15) is 0 Å². The van der Waals surface area contributed by atoms with Crippen molar-refractivity contribution in [3.8, 4) is 11.5 Å². The average molecular weight is 466 g/mol. The molecule has 0 saturated heterocycles. The van der Waals surface area contributed by atoms with Crippen LogP contribution in [0.15, 0.2) is 18.2 Å². The number of esters is 4. The third kappa shape index (κ3) is 9.21. The Morgan fingerprint density at radius 1 is 0.970 bits per heavy atom. The first-order valence-electron chi connectivity index (χ1n) is 11.1. The third-order valence-electron chi connectivity index (χ3n) is 4.74. The molecule has 1 atom stereocenters. The van der Waals surface area contributed by atoms with Crippen LogP contribution in [0.2, 0.25) is 0 Å². The maximum absolute atomic E-state index is 12.4. The summed E-state index contributed by atoms with van der Waals surface area (Å²) in [6.45, 7) is 7.03. The zero-order chi connectivity index (χ0) is 25.0. The van der Waals surface area contributed by atoms with Gasteiger partial charge in [0.15, 0.2) is 11.5 Å². The van der Waals surface area contributed by atoms with Crippen LogP contribution in [0.1, 0.15) is 65.4 Å². The highest BCUT2D eigenvalue weighted by molar-refractivity contribution is 5.81. The van der Waals surface area contributed by atoms with Crippen molar-refractivity contribution in [2.45, 2.75) is 71.8 Å². The van der Waals surface area contributed by atoms with Gasteiger partial charge in [-0.15, -0.1) is 0 Å². The van der Waals surface area contributed by atoms with E-state index in [0.29, 0.717) is 18.4 Å². The van der Waals surface area contributed by atoms with Crippen molar-refractivity contribution in [3.05, 3.63) is 23.8 Å². The Hall–Kier alpha value is -2.94. The maximum atomic E-state index is 12.4. The number of nitrogens with two attached hydrogens (primary N) is 1. The normalized spacial score (nSPS) is 12.6. The lowest BCUT2D eigenvalue weighted by atomic mass is 9.88. The molecule has 0 aliphatic rings. The van der Waals surface area contributed by atoms with Gasteiger partial charge < -0.3 is 24.7 Å². The van der Waals surface area contributed by atoms with E-state index in [1.165, 1.54) is 19.2 Å². The van der Waals surface area contributed by atoms with Crippen LogP contribution in [0, 0.1) is 5.92 Å². The van der Waals surface area contributed by atoms with Gasteiger partial charge in [0.05, 0.1) is 19.6 Å². The molecule has 0 saturated carbocycles. The van der Waals surface area contributed by atoms with E-state index in [2.05, 4.69) is 0 Å². The van der Waals surface area contributed by atoms with Gasteiger partial charge in [0.2, 0.25) is 0 Å². The van der Waals surface area contributed by atoms with Crippen molar-refractivity contribution in [3.63, 3.8) is 0 Å². The van der Waals surface area contributed by atoms with E-state index >= 15 is 0 Å². The molecule has 1 rings (SSSR count). The minimum absolute atomic E-state index is 0.0143. The van der Waals surface area contributed by atoms with Crippen LogP contribution in [-0.4, -0.2) is 43.1 Å². The molecule has 33 heavy (non-hydrogen) atoms. The number of ether oxygens (including phenoxy) is 4. The van der Waals surface area contributed by atoms with Gasteiger partial charge in [-0.1, -0.05) is 33.8 Å². The summed E-state index contributed by atoms with van der Waals surface area (Å²) in [7, 11) is 1.22. The van der Waals surface area contributed by atoms with Gasteiger partial charge in [-0.3, -0.25) is 19.2 Å². The van der Waals surface area contributed by atoms with E-state index in [1.807, 2.05) is 13.8 Å². The zero-order valence-corrected chi connectivity index (χ0v) is 20.1. The molecule has 0 bridgehead atoms. The lowest BCUT2D eigenvalue weighted by Gasteiger charge is -2.27. The van der Waals surface area contributed by atoms with Gasteiger partial charge in [0, 0.05) is 25.7 Å². The predicted molar refractivity (Wildman–Crippen MR) is 121 cm³/mol. The number of hydrogen-bond donors (Lipinski definition) is 1. The second-order valence-electron chi connectivity index (χ2n) is 8.13. The number of methoxy groups -OCH3 is 1. The van der Waals surface area contributed by atoms with Gasteiger partial charge in [0.25, 0.3) is 0 Å². The fraction of sp³-hybridized carbons (Fsp3) is 0.583. The standard InChI is InChI=1S/C24H35NO8/c1-6-8-20(26)32-18-11-10-17(14-19(18)33-21(27)9-7-2)15-24(25,23(29)30-5)12-13-31-22(28)16(3)4/h10-11,14,16H,6-9,12-13,15,25H2,1-5H3. The Morgan fingerprint density at radius 3 is 2.06 bits per heavy atom. The van der Waals surface area contributed by atoms with Crippen molar-refractivity contribution in [1.82, 2.24) is 0 Å². The minimum Gasteiger partial charge on any atom is -0.468 e. The van der Waals surface area contributed by atoms with Crippen molar-refractivity contribution >= 4 is 23.9 Å². The first-order valence-corrected chi connectivity index (χ1v) is 11.1. The monoisotopic (exact) mass is 465 g/mol. The highest BCUT2D eigenvalue weighted by Gasteiger charge is 2.36. The summed E-state index contributed by atoms with van der Waals surface area (Å²) in [5.41, 5.74) is 5.40. The molecule has 1 aromatic carbocycles. The number of carbonyl (C=O) groups is 4. The van der Waals surface area contributed by atoms with Crippen LogP contribution in [0.5, 0.6) is 11.5 Å². The average Bonchev–Trinajstić information content (AvgIpc) is 2.75. The second-order valence-corrected chi connectivity index (χ2v) is 8.13. The quantitative estimate of drug-likeness (QED) is 0.345. The lowest BCUT2D eigenvalue weighted by molar-refractivity contribution is -0.152. The molecular weight excluding hydrogens is 430 g/mol. The van der Waals surface area contributed by atoms with Gasteiger partial charge in [0.1, 0.15) is 5.54 Å². The van der Waals surface area contributed by atoms with Crippen LogP contribution in [0.3, 0.4) is 0 Å². The number of carbonyl (C=O) groups excluding carboxylic acids is 4. The van der Waals surface area contributed by atoms with E-state index < -0.39 is 29.4 Å². The summed E-state index contributed by atoms with van der Waals surface area (Å²) >= 11 is 0. The number of hydrogen-bond acceptors (Lipinski definition) is 9. The Kier molecular flexibility index (Phi) is 11.6.